The summed E-state index contributed by atoms with van der Waals surface area (Å²) in [5.74, 6) is 0.955. The number of benzene rings is 1. The highest BCUT2D eigenvalue weighted by Crippen LogP contribution is 2.17. The van der Waals surface area contributed by atoms with Crippen LogP contribution in [0.3, 0.4) is 0 Å². The molecule has 82 valence electrons. The predicted molar refractivity (Wildman–Crippen MR) is 66.2 cm³/mol. The molecule has 0 N–H and O–H groups in total. The third kappa shape index (κ3) is 4.20. The Bertz CT molecular complexity index is 298. The summed E-state index contributed by atoms with van der Waals surface area (Å²) >= 11 is 0. The van der Waals surface area contributed by atoms with Crippen molar-refractivity contribution < 1.29 is 4.74 Å². The first-order chi connectivity index (χ1) is 7.24. The molecule has 1 aromatic carbocycles. The van der Waals surface area contributed by atoms with Crippen LogP contribution in [0.4, 0.5) is 0 Å². The maximum absolute atomic E-state index is 5.61. The van der Waals surface area contributed by atoms with Gasteiger partial charge in [0.2, 0.25) is 0 Å². The second kappa shape index (κ2) is 6.28. The van der Waals surface area contributed by atoms with E-state index in [0.29, 0.717) is 0 Å². The summed E-state index contributed by atoms with van der Waals surface area (Å²) in [7, 11) is 0. The van der Waals surface area contributed by atoms with Gasteiger partial charge in [0, 0.05) is 0 Å². The highest BCUT2D eigenvalue weighted by molar-refractivity contribution is 5.61. The lowest BCUT2D eigenvalue weighted by atomic mass is 10.1. The lowest BCUT2D eigenvalue weighted by Crippen LogP contribution is -1.96. The van der Waals surface area contributed by atoms with Crippen molar-refractivity contribution >= 4 is 5.57 Å². The minimum absolute atomic E-state index is 0.820. The highest BCUT2D eigenvalue weighted by Gasteiger charge is 1.95. The molecule has 0 radical (unpaired) electrons. The van der Waals surface area contributed by atoms with Crippen molar-refractivity contribution in [2.75, 3.05) is 6.61 Å². The topological polar surface area (TPSA) is 9.23 Å². The summed E-state index contributed by atoms with van der Waals surface area (Å²) in [4.78, 5) is 0. The summed E-state index contributed by atoms with van der Waals surface area (Å²) in [5.41, 5.74) is 2.27. The van der Waals surface area contributed by atoms with Crippen molar-refractivity contribution in [2.24, 2.45) is 0 Å². The van der Waals surface area contributed by atoms with E-state index in [4.69, 9.17) is 4.74 Å². The predicted octanol–water partition coefficient (Wildman–Crippen LogP) is 4.29. The Morgan fingerprint density at radius 2 is 1.87 bits per heavy atom. The second-order valence-electron chi connectivity index (χ2n) is 3.86. The van der Waals surface area contributed by atoms with E-state index in [1.807, 2.05) is 19.1 Å². The molecule has 15 heavy (non-hydrogen) atoms. The third-order valence-corrected chi connectivity index (χ3v) is 2.36. The Kier molecular flexibility index (Phi) is 4.96. The summed E-state index contributed by atoms with van der Waals surface area (Å²) in [6, 6.07) is 8.13. The van der Waals surface area contributed by atoms with Crippen LogP contribution in [0.15, 0.2) is 30.8 Å². The van der Waals surface area contributed by atoms with E-state index in [2.05, 4.69) is 25.6 Å². The SMILES string of the molecule is C=C(C)c1ccc(OCCCCC)cc1. The zero-order valence-corrected chi connectivity index (χ0v) is 9.75. The maximum Gasteiger partial charge on any atom is 0.119 e. The third-order valence-electron chi connectivity index (χ3n) is 2.36. The number of rotatable bonds is 6. The first-order valence-electron chi connectivity index (χ1n) is 5.62. The van der Waals surface area contributed by atoms with Gasteiger partial charge < -0.3 is 4.74 Å². The smallest absolute Gasteiger partial charge is 0.119 e. The van der Waals surface area contributed by atoms with E-state index < -0.39 is 0 Å². The second-order valence-corrected chi connectivity index (χ2v) is 3.86. The lowest BCUT2D eigenvalue weighted by molar-refractivity contribution is 0.306. The van der Waals surface area contributed by atoms with Gasteiger partial charge in [-0.15, -0.1) is 0 Å². The molecule has 0 aromatic heterocycles. The molecule has 1 rings (SSSR count). The first-order valence-corrected chi connectivity index (χ1v) is 5.62. The van der Waals surface area contributed by atoms with Gasteiger partial charge in [-0.25, -0.2) is 0 Å². The van der Waals surface area contributed by atoms with Crippen LogP contribution < -0.4 is 4.74 Å². The minimum Gasteiger partial charge on any atom is -0.494 e. The van der Waals surface area contributed by atoms with Crippen LogP contribution >= 0.6 is 0 Å². The van der Waals surface area contributed by atoms with Crippen molar-refractivity contribution in [3.05, 3.63) is 36.4 Å². The fourth-order valence-electron chi connectivity index (χ4n) is 1.38. The molecular weight excluding hydrogens is 184 g/mol. The maximum atomic E-state index is 5.61. The fourth-order valence-corrected chi connectivity index (χ4v) is 1.38. The van der Waals surface area contributed by atoms with Gasteiger partial charge in [0.1, 0.15) is 5.75 Å². The van der Waals surface area contributed by atoms with Crippen LogP contribution in [0.25, 0.3) is 5.57 Å². The Hall–Kier alpha value is -1.24. The molecule has 0 atom stereocenters. The number of ether oxygens (including phenoxy) is 1. The summed E-state index contributed by atoms with van der Waals surface area (Å²) < 4.78 is 5.61. The summed E-state index contributed by atoms with van der Waals surface area (Å²) in [6.45, 7) is 8.93. The van der Waals surface area contributed by atoms with Crippen LogP contribution in [0, 0.1) is 0 Å². The van der Waals surface area contributed by atoms with Gasteiger partial charge in [-0.3, -0.25) is 0 Å². The van der Waals surface area contributed by atoms with E-state index in [9.17, 15) is 0 Å². The standard InChI is InChI=1S/C14H20O/c1-4-5-6-11-15-14-9-7-13(8-10-14)12(2)3/h7-10H,2,4-6,11H2,1,3H3. The van der Waals surface area contributed by atoms with Gasteiger partial charge in [0.25, 0.3) is 0 Å². The molecule has 1 nitrogen and oxygen atoms in total. The molecule has 0 fully saturated rings. The molecule has 0 aliphatic carbocycles. The largest absolute Gasteiger partial charge is 0.494 e. The molecule has 0 aliphatic rings. The molecule has 0 bridgehead atoms. The van der Waals surface area contributed by atoms with Crippen LogP contribution in [-0.2, 0) is 0 Å². The number of allylic oxidation sites excluding steroid dienone is 1. The number of hydrogen-bond acceptors (Lipinski definition) is 1. The van der Waals surface area contributed by atoms with Gasteiger partial charge in [-0.1, -0.05) is 44.1 Å². The van der Waals surface area contributed by atoms with Crippen molar-refractivity contribution in [2.45, 2.75) is 33.1 Å². The van der Waals surface area contributed by atoms with Crippen LogP contribution in [0.5, 0.6) is 5.75 Å². The Labute approximate surface area is 92.8 Å². The molecule has 1 aromatic rings. The van der Waals surface area contributed by atoms with Crippen LogP contribution in [-0.4, -0.2) is 6.61 Å². The summed E-state index contributed by atoms with van der Waals surface area (Å²) in [6.07, 6.45) is 3.61. The van der Waals surface area contributed by atoms with Gasteiger partial charge in [0.05, 0.1) is 6.61 Å². The van der Waals surface area contributed by atoms with Crippen molar-refractivity contribution in [1.29, 1.82) is 0 Å². The molecule has 1 heteroatoms. The minimum atomic E-state index is 0.820. The van der Waals surface area contributed by atoms with Crippen molar-refractivity contribution in [1.82, 2.24) is 0 Å². The fraction of sp³-hybridized carbons (Fsp3) is 0.429. The molecule has 0 saturated heterocycles. The average Bonchev–Trinajstić information content (AvgIpc) is 2.25. The van der Waals surface area contributed by atoms with Gasteiger partial charge in [0.15, 0.2) is 0 Å². The van der Waals surface area contributed by atoms with E-state index in [1.165, 1.54) is 18.4 Å². The van der Waals surface area contributed by atoms with E-state index >= 15 is 0 Å². The zero-order chi connectivity index (χ0) is 11.1. The van der Waals surface area contributed by atoms with Crippen molar-refractivity contribution in [3.8, 4) is 5.75 Å². The molecular formula is C14H20O. The van der Waals surface area contributed by atoms with E-state index in [-0.39, 0.29) is 0 Å². The Morgan fingerprint density at radius 1 is 1.20 bits per heavy atom. The quantitative estimate of drug-likeness (QED) is 0.628. The molecule has 0 aliphatic heterocycles. The molecule has 0 heterocycles. The monoisotopic (exact) mass is 204 g/mol. The summed E-state index contributed by atoms with van der Waals surface area (Å²) in [5, 5.41) is 0. The van der Waals surface area contributed by atoms with Crippen LogP contribution in [0.2, 0.25) is 0 Å². The Morgan fingerprint density at radius 3 is 2.40 bits per heavy atom. The number of hydrogen-bond donors (Lipinski definition) is 0. The van der Waals surface area contributed by atoms with Gasteiger partial charge in [-0.2, -0.15) is 0 Å². The zero-order valence-electron chi connectivity index (χ0n) is 9.75. The van der Waals surface area contributed by atoms with Gasteiger partial charge >= 0.3 is 0 Å². The molecule has 0 unspecified atom stereocenters. The first kappa shape index (κ1) is 11.8. The van der Waals surface area contributed by atoms with E-state index in [0.717, 1.165) is 24.4 Å². The Balaban J connectivity index is 2.39. The lowest BCUT2D eigenvalue weighted by Gasteiger charge is -2.06. The van der Waals surface area contributed by atoms with Crippen LogP contribution in [0.1, 0.15) is 38.7 Å². The van der Waals surface area contributed by atoms with E-state index in [1.54, 1.807) is 0 Å². The normalized spacial score (nSPS) is 10.0. The average molecular weight is 204 g/mol. The molecule has 0 spiro atoms. The van der Waals surface area contributed by atoms with Gasteiger partial charge in [-0.05, 0) is 31.0 Å². The highest BCUT2D eigenvalue weighted by atomic mass is 16.5. The molecule has 0 saturated carbocycles. The number of unbranched alkanes of at least 4 members (excludes halogenated alkanes) is 2. The molecule has 0 amide bonds. The van der Waals surface area contributed by atoms with Crippen molar-refractivity contribution in [3.63, 3.8) is 0 Å².